The second kappa shape index (κ2) is 11.9. The number of hydrogen-bond donors (Lipinski definition) is 0. The van der Waals surface area contributed by atoms with Crippen LogP contribution in [0.5, 0.6) is 0 Å². The highest BCUT2D eigenvalue weighted by atomic mass is 19.4. The van der Waals surface area contributed by atoms with E-state index in [-0.39, 0.29) is 23.3 Å². The molecule has 0 aliphatic carbocycles. The van der Waals surface area contributed by atoms with Crippen molar-refractivity contribution >= 4 is 17.1 Å². The summed E-state index contributed by atoms with van der Waals surface area (Å²) in [5.41, 5.74) is 0.850. The highest BCUT2D eigenvalue weighted by Crippen LogP contribution is 2.42. The minimum Gasteiger partial charge on any atom is -0.465 e. The summed E-state index contributed by atoms with van der Waals surface area (Å²) in [6, 6.07) is 35.1. The van der Waals surface area contributed by atoms with Crippen molar-refractivity contribution in [3.05, 3.63) is 160 Å². The maximum Gasteiger partial charge on any atom is 0.416 e. The minimum absolute atomic E-state index is 0.113. The summed E-state index contributed by atoms with van der Waals surface area (Å²) in [4.78, 5) is 32.3. The zero-order valence-electron chi connectivity index (χ0n) is 24.2. The molecule has 0 atom stereocenters. The van der Waals surface area contributed by atoms with Crippen LogP contribution >= 0.6 is 0 Å². The van der Waals surface area contributed by atoms with E-state index in [0.717, 1.165) is 28.8 Å². The molecule has 6 rings (SSSR count). The highest BCUT2D eigenvalue weighted by Gasteiger charge is 2.42. The number of carbonyl (C=O) groups excluding carboxylic acids is 1. The van der Waals surface area contributed by atoms with Crippen molar-refractivity contribution in [1.29, 1.82) is 0 Å². The predicted octanol–water partition coefficient (Wildman–Crippen LogP) is 7.29. The van der Waals surface area contributed by atoms with Crippen LogP contribution < -0.4 is 5.69 Å². The topological polar surface area (TPSA) is 66.1 Å². The van der Waals surface area contributed by atoms with E-state index in [9.17, 15) is 22.8 Å². The van der Waals surface area contributed by atoms with E-state index in [1.165, 1.54) is 16.8 Å². The SMILES string of the molecule is CCOC(=O)Cn1c(=O)n(C(c2ccccc2)(c2ccccc2)c2ccccc2)c2ncc(-c3cccc(C(F)(F)F)c3)cc21. The van der Waals surface area contributed by atoms with E-state index in [2.05, 4.69) is 0 Å². The second-order valence-corrected chi connectivity index (χ2v) is 10.5. The Morgan fingerprint density at radius 1 is 0.733 bits per heavy atom. The first-order valence-electron chi connectivity index (χ1n) is 14.4. The normalized spacial score (nSPS) is 11.9. The largest absolute Gasteiger partial charge is 0.465 e. The van der Waals surface area contributed by atoms with Crippen LogP contribution in [-0.2, 0) is 27.8 Å². The van der Waals surface area contributed by atoms with Gasteiger partial charge in [0.05, 0.1) is 17.7 Å². The fraction of sp³-hybridized carbons (Fsp3) is 0.139. The molecule has 45 heavy (non-hydrogen) atoms. The van der Waals surface area contributed by atoms with Gasteiger partial charge in [0.15, 0.2) is 5.65 Å². The van der Waals surface area contributed by atoms with Crippen molar-refractivity contribution < 1.29 is 22.7 Å². The number of halogens is 3. The van der Waals surface area contributed by atoms with Crippen LogP contribution in [0.3, 0.4) is 0 Å². The highest BCUT2D eigenvalue weighted by molar-refractivity contribution is 5.82. The number of esters is 1. The summed E-state index contributed by atoms with van der Waals surface area (Å²) >= 11 is 0. The molecule has 0 bridgehead atoms. The Morgan fingerprint density at radius 2 is 1.27 bits per heavy atom. The summed E-state index contributed by atoms with van der Waals surface area (Å²) in [6.07, 6.45) is -3.09. The van der Waals surface area contributed by atoms with Crippen LogP contribution in [0.25, 0.3) is 22.3 Å². The summed E-state index contributed by atoms with van der Waals surface area (Å²) in [7, 11) is 0. The van der Waals surface area contributed by atoms with Crippen molar-refractivity contribution in [3.8, 4) is 11.1 Å². The molecule has 2 heterocycles. The zero-order chi connectivity index (χ0) is 31.6. The van der Waals surface area contributed by atoms with Crippen molar-refractivity contribution in [2.24, 2.45) is 0 Å². The lowest BCUT2D eigenvalue weighted by molar-refractivity contribution is -0.143. The second-order valence-electron chi connectivity index (χ2n) is 10.5. The summed E-state index contributed by atoms with van der Waals surface area (Å²) in [5, 5.41) is 0. The smallest absolute Gasteiger partial charge is 0.416 e. The van der Waals surface area contributed by atoms with Crippen LogP contribution in [0.15, 0.2) is 132 Å². The molecule has 0 amide bonds. The summed E-state index contributed by atoms with van der Waals surface area (Å²) in [5.74, 6) is -0.632. The van der Waals surface area contributed by atoms with Gasteiger partial charge in [-0.15, -0.1) is 0 Å². The molecule has 0 aliphatic heterocycles. The Balaban J connectivity index is 1.72. The first-order valence-corrected chi connectivity index (χ1v) is 14.4. The molecule has 4 aromatic carbocycles. The van der Waals surface area contributed by atoms with Gasteiger partial charge in [0.1, 0.15) is 12.1 Å². The lowest BCUT2D eigenvalue weighted by atomic mass is 9.76. The number of ether oxygens (including phenoxy) is 1. The molecule has 9 heteroatoms. The molecule has 0 spiro atoms. The Labute approximate surface area is 257 Å². The molecule has 0 radical (unpaired) electrons. The van der Waals surface area contributed by atoms with Gasteiger partial charge in [-0.1, -0.05) is 103 Å². The molecule has 0 saturated carbocycles. The molecule has 0 unspecified atom stereocenters. The number of fused-ring (bicyclic) bond motifs is 1. The number of rotatable bonds is 8. The Hall–Kier alpha value is -5.44. The van der Waals surface area contributed by atoms with Gasteiger partial charge in [0, 0.05) is 11.8 Å². The quantitative estimate of drug-likeness (QED) is 0.135. The van der Waals surface area contributed by atoms with Gasteiger partial charge >= 0.3 is 17.8 Å². The van der Waals surface area contributed by atoms with Crippen molar-refractivity contribution in [3.63, 3.8) is 0 Å². The molecule has 6 aromatic rings. The number of aromatic nitrogens is 3. The van der Waals surface area contributed by atoms with Crippen LogP contribution in [0.4, 0.5) is 13.2 Å². The molecule has 2 aromatic heterocycles. The number of benzene rings is 4. The number of imidazole rings is 1. The number of nitrogens with zero attached hydrogens (tertiary/aromatic N) is 3. The molecule has 0 N–H and O–H groups in total. The Bertz CT molecular complexity index is 1920. The standard InChI is InChI=1S/C36H28F3N3O3/c1-2-45-32(43)24-41-31-22-26(25-13-12-20-30(21-25)36(37,38)39)23-40-33(31)42(34(41)44)35(27-14-6-3-7-15-27,28-16-8-4-9-17-28)29-18-10-5-11-19-29/h3-23H,2,24H2,1H3. The third kappa shape index (κ3) is 5.31. The molecule has 6 nitrogen and oxygen atoms in total. The van der Waals surface area contributed by atoms with Crippen molar-refractivity contribution in [2.75, 3.05) is 6.61 Å². The summed E-state index contributed by atoms with van der Waals surface area (Å²) < 4.78 is 48.8. The first kappa shape index (κ1) is 29.6. The van der Waals surface area contributed by atoms with Gasteiger partial charge in [0.2, 0.25) is 0 Å². The van der Waals surface area contributed by atoms with E-state index in [4.69, 9.17) is 9.72 Å². The maximum absolute atomic E-state index is 14.8. The van der Waals surface area contributed by atoms with E-state index < -0.39 is 35.5 Å². The van der Waals surface area contributed by atoms with Crippen molar-refractivity contribution in [1.82, 2.24) is 14.1 Å². The van der Waals surface area contributed by atoms with Gasteiger partial charge in [-0.2, -0.15) is 13.2 Å². The maximum atomic E-state index is 14.8. The number of hydrogen-bond acceptors (Lipinski definition) is 4. The van der Waals surface area contributed by atoms with Gasteiger partial charge in [-0.3, -0.25) is 13.9 Å². The van der Waals surface area contributed by atoms with E-state index >= 15 is 0 Å². The molecule has 0 saturated heterocycles. The Kier molecular flexibility index (Phi) is 7.85. The van der Waals surface area contributed by atoms with Crippen LogP contribution in [0, 0.1) is 0 Å². The summed E-state index contributed by atoms with van der Waals surface area (Å²) in [6.45, 7) is 1.36. The third-order valence-electron chi connectivity index (χ3n) is 7.80. The fourth-order valence-electron chi connectivity index (χ4n) is 5.88. The average Bonchev–Trinajstić information content (AvgIpc) is 3.33. The van der Waals surface area contributed by atoms with E-state index in [0.29, 0.717) is 5.56 Å². The average molecular weight is 608 g/mol. The molecule has 0 aliphatic rings. The van der Waals surface area contributed by atoms with Crippen LogP contribution in [0.1, 0.15) is 29.2 Å². The first-order chi connectivity index (χ1) is 21.7. The van der Waals surface area contributed by atoms with Crippen LogP contribution in [0.2, 0.25) is 0 Å². The zero-order valence-corrected chi connectivity index (χ0v) is 24.2. The van der Waals surface area contributed by atoms with Gasteiger partial charge in [-0.25, -0.2) is 9.78 Å². The van der Waals surface area contributed by atoms with E-state index in [1.807, 2.05) is 91.0 Å². The van der Waals surface area contributed by atoms with Gasteiger partial charge < -0.3 is 4.74 Å². The van der Waals surface area contributed by atoms with Crippen LogP contribution in [-0.4, -0.2) is 26.7 Å². The molecule has 226 valence electrons. The van der Waals surface area contributed by atoms with Crippen molar-refractivity contribution in [2.45, 2.75) is 25.2 Å². The van der Waals surface area contributed by atoms with Gasteiger partial charge in [-0.05, 0) is 47.4 Å². The fourth-order valence-corrected chi connectivity index (χ4v) is 5.88. The van der Waals surface area contributed by atoms with E-state index in [1.54, 1.807) is 23.6 Å². The molecule has 0 fully saturated rings. The third-order valence-corrected chi connectivity index (χ3v) is 7.80. The number of pyridine rings is 1. The lowest BCUT2D eigenvalue weighted by Crippen LogP contribution is -2.45. The minimum atomic E-state index is -4.54. The lowest BCUT2D eigenvalue weighted by Gasteiger charge is -2.37. The molecular formula is C36H28F3N3O3. The monoisotopic (exact) mass is 607 g/mol. The molecular weight excluding hydrogens is 579 g/mol. The predicted molar refractivity (Wildman–Crippen MR) is 166 cm³/mol. The number of alkyl halides is 3. The Morgan fingerprint density at radius 3 is 1.78 bits per heavy atom. The number of carbonyl (C=O) groups is 1. The van der Waals surface area contributed by atoms with Gasteiger partial charge in [0.25, 0.3) is 0 Å².